The monoisotopic (exact) mass is 194 g/mol. The van der Waals surface area contributed by atoms with Crippen molar-refractivity contribution < 1.29 is 9.90 Å². The zero-order chi connectivity index (χ0) is 10.1. The Hall–Kier alpha value is -1.09. The molecule has 2 nitrogen and oxygen atoms in total. The van der Waals surface area contributed by atoms with Crippen molar-refractivity contribution in [3.8, 4) is 5.75 Å². The number of aromatic hydroxyl groups is 1. The summed E-state index contributed by atoms with van der Waals surface area (Å²) in [4.78, 5) is 10.8. The normalized spacial score (nSPS) is 11.3. The van der Waals surface area contributed by atoms with Gasteiger partial charge in [-0.25, -0.2) is 0 Å². The van der Waals surface area contributed by atoms with Gasteiger partial charge in [-0.05, 0) is 11.3 Å². The van der Waals surface area contributed by atoms with E-state index in [-0.39, 0.29) is 5.75 Å². The largest absolute Gasteiger partial charge is 0.507 e. The highest BCUT2D eigenvalue weighted by molar-refractivity contribution is 6.89. The third kappa shape index (κ3) is 1.98. The molecule has 0 unspecified atom stereocenters. The zero-order valence-corrected chi connectivity index (χ0v) is 9.16. The first-order chi connectivity index (χ1) is 5.96. The van der Waals surface area contributed by atoms with Gasteiger partial charge in [0.25, 0.3) is 0 Å². The van der Waals surface area contributed by atoms with Crippen molar-refractivity contribution in [3.05, 3.63) is 23.8 Å². The minimum absolute atomic E-state index is 0.0925. The van der Waals surface area contributed by atoms with Gasteiger partial charge in [0, 0.05) is 0 Å². The van der Waals surface area contributed by atoms with Crippen molar-refractivity contribution in [2.24, 2.45) is 0 Å². The van der Waals surface area contributed by atoms with E-state index in [1.807, 2.05) is 6.07 Å². The number of aldehydes is 1. The van der Waals surface area contributed by atoms with Crippen LogP contribution < -0.4 is 5.19 Å². The number of hydrogen-bond donors (Lipinski definition) is 1. The van der Waals surface area contributed by atoms with Crippen molar-refractivity contribution in [2.45, 2.75) is 19.6 Å². The molecule has 0 aliphatic carbocycles. The summed E-state index contributed by atoms with van der Waals surface area (Å²) < 4.78 is 0. The highest BCUT2D eigenvalue weighted by atomic mass is 28.3. The summed E-state index contributed by atoms with van der Waals surface area (Å²) in [6, 6.07) is 5.26. The third-order valence-electron chi connectivity index (χ3n) is 2.01. The van der Waals surface area contributed by atoms with Crippen molar-refractivity contribution in [2.75, 3.05) is 0 Å². The Bertz CT molecular complexity index is 326. The molecule has 1 N–H and O–H groups in total. The number of benzene rings is 1. The lowest BCUT2D eigenvalue weighted by Gasteiger charge is -2.18. The Morgan fingerprint density at radius 1 is 1.31 bits per heavy atom. The Morgan fingerprint density at radius 2 is 1.92 bits per heavy atom. The van der Waals surface area contributed by atoms with Crippen LogP contribution in [0.5, 0.6) is 5.75 Å². The number of phenols is 1. The quantitative estimate of drug-likeness (QED) is 0.575. The molecule has 0 heterocycles. The fraction of sp³-hybridized carbons (Fsp3) is 0.300. The molecule has 13 heavy (non-hydrogen) atoms. The van der Waals surface area contributed by atoms with E-state index in [9.17, 15) is 9.90 Å². The fourth-order valence-electron chi connectivity index (χ4n) is 1.33. The molecule has 0 spiro atoms. The summed E-state index contributed by atoms with van der Waals surface area (Å²) in [6.45, 7) is 6.44. The maximum Gasteiger partial charge on any atom is 0.153 e. The minimum Gasteiger partial charge on any atom is -0.507 e. The van der Waals surface area contributed by atoms with Crippen LogP contribution in [0, 0.1) is 0 Å². The second kappa shape index (κ2) is 3.34. The van der Waals surface area contributed by atoms with Crippen LogP contribution in [0.2, 0.25) is 19.6 Å². The van der Waals surface area contributed by atoms with Crippen LogP contribution in [0.15, 0.2) is 18.2 Å². The van der Waals surface area contributed by atoms with Crippen LogP contribution >= 0.6 is 0 Å². The van der Waals surface area contributed by atoms with Gasteiger partial charge in [0.2, 0.25) is 0 Å². The number of phenolic OH excluding ortho intramolecular Hbond substituents is 1. The summed E-state index contributed by atoms with van der Waals surface area (Å²) >= 11 is 0. The molecule has 0 saturated heterocycles. The topological polar surface area (TPSA) is 37.3 Å². The molecule has 1 aromatic rings. The first kappa shape index (κ1) is 9.99. The van der Waals surface area contributed by atoms with E-state index in [1.165, 1.54) is 0 Å². The highest BCUT2D eigenvalue weighted by Gasteiger charge is 2.21. The molecule has 0 aromatic heterocycles. The Balaban J connectivity index is 3.37. The molecular formula is C10H14O2Si. The summed E-state index contributed by atoms with van der Waals surface area (Å²) in [7, 11) is -1.52. The van der Waals surface area contributed by atoms with Crippen LogP contribution in [0.1, 0.15) is 10.4 Å². The summed E-state index contributed by atoms with van der Waals surface area (Å²) in [5, 5.41) is 10.5. The van der Waals surface area contributed by atoms with Gasteiger partial charge in [-0.3, -0.25) is 4.79 Å². The summed E-state index contributed by atoms with van der Waals surface area (Å²) in [5.74, 6) is 0.0925. The Labute approximate surface area is 79.2 Å². The van der Waals surface area contributed by atoms with Crippen LogP contribution in [-0.2, 0) is 0 Å². The van der Waals surface area contributed by atoms with Crippen LogP contribution in [0.4, 0.5) is 0 Å². The fourth-order valence-corrected chi connectivity index (χ4v) is 2.92. The lowest BCUT2D eigenvalue weighted by Crippen LogP contribution is -2.40. The molecule has 0 radical (unpaired) electrons. The predicted octanol–water partition coefficient (Wildman–Crippen LogP) is 1.75. The maximum absolute atomic E-state index is 10.8. The van der Waals surface area contributed by atoms with Gasteiger partial charge in [0.15, 0.2) is 6.29 Å². The molecule has 1 aromatic carbocycles. The number of carbonyl (C=O) groups excluding carboxylic acids is 1. The van der Waals surface area contributed by atoms with Crippen LogP contribution in [0.3, 0.4) is 0 Å². The van der Waals surface area contributed by atoms with Gasteiger partial charge in [-0.1, -0.05) is 31.8 Å². The van der Waals surface area contributed by atoms with Crippen LogP contribution in [0.25, 0.3) is 0 Å². The summed E-state index contributed by atoms with van der Waals surface area (Å²) in [6.07, 6.45) is 0.739. The van der Waals surface area contributed by atoms with Gasteiger partial charge >= 0.3 is 0 Å². The van der Waals surface area contributed by atoms with Crippen LogP contribution in [-0.4, -0.2) is 19.5 Å². The number of hydrogen-bond acceptors (Lipinski definition) is 2. The Kier molecular flexibility index (Phi) is 2.57. The second-order valence-corrected chi connectivity index (χ2v) is 9.14. The average molecular weight is 194 g/mol. The van der Waals surface area contributed by atoms with E-state index < -0.39 is 8.07 Å². The average Bonchev–Trinajstić information content (AvgIpc) is 2.02. The smallest absolute Gasteiger partial charge is 0.153 e. The lowest BCUT2D eigenvalue weighted by molar-refractivity contribution is 0.112. The molecule has 0 atom stereocenters. The highest BCUT2D eigenvalue weighted by Crippen LogP contribution is 2.15. The molecular weight excluding hydrogens is 180 g/mol. The molecule has 1 rings (SSSR count). The third-order valence-corrected chi connectivity index (χ3v) is 4.06. The molecule has 0 aliphatic heterocycles. The predicted molar refractivity (Wildman–Crippen MR) is 56.5 cm³/mol. The van der Waals surface area contributed by atoms with Crippen molar-refractivity contribution in [1.82, 2.24) is 0 Å². The standard InChI is InChI=1S/C10H14O2Si/c1-13(2,3)10-6-4-5-9(12)8(10)7-11/h4-7,12H,1-3H3. The molecule has 0 fully saturated rings. The van der Waals surface area contributed by atoms with Crippen molar-refractivity contribution in [1.29, 1.82) is 0 Å². The second-order valence-electron chi connectivity index (χ2n) is 4.11. The minimum atomic E-state index is -1.52. The van der Waals surface area contributed by atoms with Crippen molar-refractivity contribution >= 4 is 19.5 Å². The first-order valence-electron chi connectivity index (χ1n) is 4.24. The molecule has 0 bridgehead atoms. The molecule has 70 valence electrons. The Morgan fingerprint density at radius 3 is 2.31 bits per heavy atom. The maximum atomic E-state index is 10.8. The van der Waals surface area contributed by atoms with Gasteiger partial charge in [-0.2, -0.15) is 0 Å². The van der Waals surface area contributed by atoms with Gasteiger partial charge in [0.1, 0.15) is 5.75 Å². The van der Waals surface area contributed by atoms with Gasteiger partial charge in [0.05, 0.1) is 13.6 Å². The molecule has 0 amide bonds. The van der Waals surface area contributed by atoms with Gasteiger partial charge in [-0.15, -0.1) is 0 Å². The lowest BCUT2D eigenvalue weighted by atomic mass is 10.2. The van der Waals surface area contributed by atoms with E-state index in [0.717, 1.165) is 11.5 Å². The molecule has 0 aliphatic rings. The SMILES string of the molecule is C[Si](C)(C)c1cccc(O)c1C=O. The zero-order valence-electron chi connectivity index (χ0n) is 8.16. The first-order valence-corrected chi connectivity index (χ1v) is 7.74. The summed E-state index contributed by atoms with van der Waals surface area (Å²) in [5.41, 5.74) is 0.460. The van der Waals surface area contributed by atoms with E-state index in [2.05, 4.69) is 19.6 Å². The van der Waals surface area contributed by atoms with Gasteiger partial charge < -0.3 is 5.11 Å². The van der Waals surface area contributed by atoms with Crippen molar-refractivity contribution in [3.63, 3.8) is 0 Å². The molecule has 3 heteroatoms. The van der Waals surface area contributed by atoms with E-state index >= 15 is 0 Å². The van der Waals surface area contributed by atoms with E-state index in [4.69, 9.17) is 0 Å². The number of rotatable bonds is 2. The number of carbonyl (C=O) groups is 1. The van der Waals surface area contributed by atoms with E-state index in [0.29, 0.717) is 5.56 Å². The molecule has 0 saturated carbocycles. The van der Waals surface area contributed by atoms with E-state index in [1.54, 1.807) is 12.1 Å².